The predicted molar refractivity (Wildman–Crippen MR) is 70.5 cm³/mol. The van der Waals surface area contributed by atoms with Crippen molar-refractivity contribution in [2.24, 2.45) is 0 Å². The first-order valence-electron chi connectivity index (χ1n) is 6.41. The summed E-state index contributed by atoms with van der Waals surface area (Å²) >= 11 is 0. The Morgan fingerprint density at radius 1 is 1.35 bits per heavy atom. The quantitative estimate of drug-likeness (QED) is 0.742. The minimum Gasteiger partial charge on any atom is -0.508 e. The van der Waals surface area contributed by atoms with Crippen LogP contribution in [0.4, 0.5) is 0 Å². The number of piperidine rings is 1. The van der Waals surface area contributed by atoms with Crippen molar-refractivity contribution in [2.45, 2.75) is 31.9 Å². The Hall–Kier alpha value is -2.08. The molecule has 1 aromatic rings. The Morgan fingerprint density at radius 2 is 2.05 bits per heavy atom. The molecule has 0 aliphatic carbocycles. The highest BCUT2D eigenvalue weighted by Crippen LogP contribution is 2.23. The minimum atomic E-state index is -1.13. The minimum absolute atomic E-state index is 0.000214. The summed E-state index contributed by atoms with van der Waals surface area (Å²) in [5.41, 5.74) is 0.890. The topological polar surface area (TPSA) is 98.1 Å². The van der Waals surface area contributed by atoms with Crippen molar-refractivity contribution >= 4 is 11.9 Å². The van der Waals surface area contributed by atoms with Crippen molar-refractivity contribution in [1.29, 1.82) is 0 Å². The largest absolute Gasteiger partial charge is 0.508 e. The zero-order valence-corrected chi connectivity index (χ0v) is 11.1. The van der Waals surface area contributed by atoms with Crippen LogP contribution in [0.5, 0.6) is 5.75 Å². The number of hydrogen-bond acceptors (Lipinski definition) is 4. The number of likely N-dealkylation sites (tertiary alicyclic amines) is 1. The Bertz CT molecular complexity index is 542. The van der Waals surface area contributed by atoms with Crippen LogP contribution in [0, 0.1) is 6.92 Å². The van der Waals surface area contributed by atoms with Gasteiger partial charge in [0.1, 0.15) is 11.8 Å². The lowest BCUT2D eigenvalue weighted by Crippen LogP contribution is -2.51. The maximum absolute atomic E-state index is 12.4. The summed E-state index contributed by atoms with van der Waals surface area (Å²) in [6.07, 6.45) is -0.321. The number of hydrogen-bond donors (Lipinski definition) is 3. The van der Waals surface area contributed by atoms with E-state index in [0.29, 0.717) is 12.0 Å². The molecule has 108 valence electrons. The summed E-state index contributed by atoms with van der Waals surface area (Å²) in [7, 11) is 0. The van der Waals surface area contributed by atoms with Crippen LogP contribution in [0.1, 0.15) is 28.8 Å². The van der Waals surface area contributed by atoms with Crippen LogP contribution in [0.3, 0.4) is 0 Å². The second kappa shape index (κ2) is 5.50. The summed E-state index contributed by atoms with van der Waals surface area (Å²) < 4.78 is 0. The molecular formula is C14H17NO5. The maximum atomic E-state index is 12.4. The van der Waals surface area contributed by atoms with Gasteiger partial charge in [-0.25, -0.2) is 4.79 Å². The molecule has 0 saturated carbocycles. The first-order valence-corrected chi connectivity index (χ1v) is 6.41. The first kappa shape index (κ1) is 14.3. The Labute approximate surface area is 116 Å². The lowest BCUT2D eigenvalue weighted by molar-refractivity contribution is -0.145. The number of carboxylic acids is 1. The van der Waals surface area contributed by atoms with Crippen LogP contribution < -0.4 is 0 Å². The Morgan fingerprint density at radius 3 is 2.65 bits per heavy atom. The number of aliphatic carboxylic acids is 1. The van der Waals surface area contributed by atoms with E-state index >= 15 is 0 Å². The number of rotatable bonds is 2. The predicted octanol–water partition coefficient (Wildman–Crippen LogP) is 0.751. The molecule has 20 heavy (non-hydrogen) atoms. The summed E-state index contributed by atoms with van der Waals surface area (Å²) in [6.45, 7) is 1.90. The number of aliphatic hydroxyl groups excluding tert-OH is 1. The van der Waals surface area contributed by atoms with Gasteiger partial charge < -0.3 is 20.2 Å². The maximum Gasteiger partial charge on any atom is 0.326 e. The van der Waals surface area contributed by atoms with Crippen LogP contribution >= 0.6 is 0 Å². The van der Waals surface area contributed by atoms with E-state index in [1.54, 1.807) is 19.1 Å². The normalized spacial score (nSPS) is 22.6. The number of phenols is 1. The Kier molecular flexibility index (Phi) is 3.94. The van der Waals surface area contributed by atoms with E-state index in [1.165, 1.54) is 11.0 Å². The lowest BCUT2D eigenvalue weighted by Gasteiger charge is -2.35. The number of carbonyl (C=O) groups excluding carboxylic acids is 1. The van der Waals surface area contributed by atoms with E-state index in [1.807, 2.05) is 0 Å². The highest BCUT2D eigenvalue weighted by molar-refractivity contribution is 5.97. The fraction of sp³-hybridized carbons (Fsp3) is 0.429. The second-order valence-corrected chi connectivity index (χ2v) is 5.03. The van der Waals surface area contributed by atoms with Gasteiger partial charge in [0.15, 0.2) is 0 Å². The number of aryl methyl sites for hydroxylation is 1. The van der Waals surface area contributed by atoms with E-state index in [0.717, 1.165) is 0 Å². The van der Waals surface area contributed by atoms with Crippen LogP contribution in [0.2, 0.25) is 0 Å². The fourth-order valence-electron chi connectivity index (χ4n) is 2.33. The molecule has 3 N–H and O–H groups in total. The molecule has 2 atom stereocenters. The highest BCUT2D eigenvalue weighted by atomic mass is 16.4. The van der Waals surface area contributed by atoms with Crippen molar-refractivity contribution in [3.05, 3.63) is 29.3 Å². The van der Waals surface area contributed by atoms with Gasteiger partial charge in [-0.3, -0.25) is 4.79 Å². The van der Waals surface area contributed by atoms with Gasteiger partial charge in [0.25, 0.3) is 5.91 Å². The third kappa shape index (κ3) is 2.75. The van der Waals surface area contributed by atoms with Crippen molar-refractivity contribution in [3.63, 3.8) is 0 Å². The van der Waals surface area contributed by atoms with Gasteiger partial charge in [-0.2, -0.15) is 0 Å². The molecule has 1 amide bonds. The molecule has 0 unspecified atom stereocenters. The summed E-state index contributed by atoms with van der Waals surface area (Å²) in [5.74, 6) is -1.58. The van der Waals surface area contributed by atoms with Crippen LogP contribution in [0.15, 0.2) is 18.2 Å². The van der Waals surface area contributed by atoms with Gasteiger partial charge in [-0.05, 0) is 31.0 Å². The third-order valence-corrected chi connectivity index (χ3v) is 3.58. The van der Waals surface area contributed by atoms with Gasteiger partial charge in [0.05, 0.1) is 6.10 Å². The monoisotopic (exact) mass is 279 g/mol. The summed E-state index contributed by atoms with van der Waals surface area (Å²) in [5, 5.41) is 28.3. The standard InChI is InChI=1S/C14H17NO5/c1-8-2-3-9(6-12(8)17)13(18)15-5-4-10(16)7-11(15)14(19)20/h2-3,6,10-11,16-17H,4-5,7H2,1H3,(H,19,20)/t10-,11+/m0/s1. The van der Waals surface area contributed by atoms with Gasteiger partial charge >= 0.3 is 5.97 Å². The van der Waals surface area contributed by atoms with Crippen molar-refractivity contribution in [2.75, 3.05) is 6.54 Å². The van der Waals surface area contributed by atoms with Gasteiger partial charge in [0.2, 0.25) is 0 Å². The van der Waals surface area contributed by atoms with E-state index in [9.17, 15) is 19.8 Å². The molecule has 1 saturated heterocycles. The molecule has 1 aliphatic heterocycles. The average Bonchev–Trinajstić information content (AvgIpc) is 2.41. The van der Waals surface area contributed by atoms with Crippen LogP contribution in [0.25, 0.3) is 0 Å². The van der Waals surface area contributed by atoms with Crippen molar-refractivity contribution in [3.8, 4) is 5.75 Å². The molecule has 0 spiro atoms. The van der Waals surface area contributed by atoms with Gasteiger partial charge in [-0.1, -0.05) is 6.07 Å². The second-order valence-electron chi connectivity index (χ2n) is 5.03. The molecule has 6 heteroatoms. The van der Waals surface area contributed by atoms with Crippen LogP contribution in [-0.4, -0.2) is 50.8 Å². The molecule has 0 bridgehead atoms. The number of carbonyl (C=O) groups is 2. The number of nitrogens with zero attached hydrogens (tertiary/aromatic N) is 1. The molecule has 2 rings (SSSR count). The first-order chi connectivity index (χ1) is 9.40. The molecule has 1 aliphatic rings. The molecular weight excluding hydrogens is 262 g/mol. The number of amides is 1. The lowest BCUT2D eigenvalue weighted by atomic mass is 9.98. The Balaban J connectivity index is 2.26. The number of aromatic hydroxyl groups is 1. The number of phenolic OH excluding ortho intramolecular Hbond substituents is 1. The fourth-order valence-corrected chi connectivity index (χ4v) is 2.33. The van der Waals surface area contributed by atoms with Crippen molar-refractivity contribution < 1.29 is 24.9 Å². The molecule has 1 heterocycles. The van der Waals surface area contributed by atoms with Gasteiger partial charge in [-0.15, -0.1) is 0 Å². The smallest absolute Gasteiger partial charge is 0.326 e. The molecule has 0 radical (unpaired) electrons. The summed E-state index contributed by atoms with van der Waals surface area (Å²) in [6, 6.07) is 3.47. The zero-order chi connectivity index (χ0) is 14.9. The third-order valence-electron chi connectivity index (χ3n) is 3.58. The molecule has 1 aromatic carbocycles. The van der Waals surface area contributed by atoms with E-state index in [-0.39, 0.29) is 24.3 Å². The zero-order valence-electron chi connectivity index (χ0n) is 11.1. The van der Waals surface area contributed by atoms with E-state index in [2.05, 4.69) is 0 Å². The SMILES string of the molecule is Cc1ccc(C(=O)N2CC[C@H](O)C[C@@H]2C(=O)O)cc1O. The number of aliphatic hydroxyl groups is 1. The summed E-state index contributed by atoms with van der Waals surface area (Å²) in [4.78, 5) is 24.8. The number of carboxylic acid groups (broad SMARTS) is 1. The average molecular weight is 279 g/mol. The van der Waals surface area contributed by atoms with E-state index in [4.69, 9.17) is 5.11 Å². The molecule has 1 fully saturated rings. The number of benzene rings is 1. The highest BCUT2D eigenvalue weighted by Gasteiger charge is 2.36. The van der Waals surface area contributed by atoms with Crippen LogP contribution in [-0.2, 0) is 4.79 Å². The van der Waals surface area contributed by atoms with E-state index < -0.39 is 24.0 Å². The molecule has 6 nitrogen and oxygen atoms in total. The van der Waals surface area contributed by atoms with Crippen molar-refractivity contribution in [1.82, 2.24) is 4.90 Å². The molecule has 0 aromatic heterocycles. The van der Waals surface area contributed by atoms with Gasteiger partial charge in [0, 0.05) is 18.5 Å².